The molecule has 0 aromatic heterocycles. The van der Waals surface area contributed by atoms with Gasteiger partial charge in [0.1, 0.15) is 11.6 Å². The van der Waals surface area contributed by atoms with Crippen molar-refractivity contribution in [2.75, 3.05) is 7.11 Å². The summed E-state index contributed by atoms with van der Waals surface area (Å²) in [6, 6.07) is 6.33. The summed E-state index contributed by atoms with van der Waals surface area (Å²) in [5.41, 5.74) is 1.03. The van der Waals surface area contributed by atoms with Crippen molar-refractivity contribution in [2.24, 2.45) is 0 Å². The number of aliphatic carboxylic acids is 1. The van der Waals surface area contributed by atoms with E-state index in [0.29, 0.717) is 6.42 Å². The third-order valence-corrected chi connectivity index (χ3v) is 3.27. The van der Waals surface area contributed by atoms with E-state index >= 15 is 0 Å². The Morgan fingerprint density at radius 1 is 1.12 bits per heavy atom. The third-order valence-electron chi connectivity index (χ3n) is 3.27. The Hall–Kier alpha value is -2.57. The van der Waals surface area contributed by atoms with Gasteiger partial charge in [0.25, 0.3) is 0 Å². The number of carbonyl (C=O) groups excluding carboxylic acids is 2. The molecule has 0 saturated heterocycles. The number of amides is 1. The summed E-state index contributed by atoms with van der Waals surface area (Å²) in [6.07, 6.45) is 0.0442. The van der Waals surface area contributed by atoms with E-state index in [1.165, 1.54) is 7.11 Å². The van der Waals surface area contributed by atoms with Gasteiger partial charge >= 0.3 is 18.0 Å². The van der Waals surface area contributed by atoms with Gasteiger partial charge in [-0.15, -0.1) is 0 Å². The third kappa shape index (κ3) is 8.19. The Bertz CT molecular complexity index is 603. The SMILES string of the molecule is COC(=O)C(Cc1ccc(CCC(=O)O)cc1)NC(=O)OC(C)(C)C. The number of aryl methyl sites for hydroxylation is 1. The lowest BCUT2D eigenvalue weighted by molar-refractivity contribution is -0.143. The van der Waals surface area contributed by atoms with Gasteiger partial charge in [0.05, 0.1) is 7.11 Å². The molecular weight excluding hydrogens is 326 g/mol. The quantitative estimate of drug-likeness (QED) is 0.731. The molecule has 1 aromatic carbocycles. The maximum Gasteiger partial charge on any atom is 0.408 e. The van der Waals surface area contributed by atoms with Gasteiger partial charge in [0.15, 0.2) is 0 Å². The number of hydrogen-bond acceptors (Lipinski definition) is 5. The molecule has 1 unspecified atom stereocenters. The van der Waals surface area contributed by atoms with Crippen LogP contribution in [0.15, 0.2) is 24.3 Å². The standard InChI is InChI=1S/C18H25NO6/c1-18(2,3)25-17(23)19-14(16(22)24-4)11-13-7-5-12(6-8-13)9-10-15(20)21/h5-8,14H,9-11H2,1-4H3,(H,19,23)(H,20,21). The number of nitrogens with one attached hydrogen (secondary N) is 1. The van der Waals surface area contributed by atoms with Crippen molar-refractivity contribution in [1.82, 2.24) is 5.32 Å². The Balaban J connectivity index is 2.73. The van der Waals surface area contributed by atoms with Gasteiger partial charge in [0, 0.05) is 12.8 Å². The van der Waals surface area contributed by atoms with Crippen molar-refractivity contribution in [1.29, 1.82) is 0 Å². The second-order valence-corrected chi connectivity index (χ2v) is 6.64. The summed E-state index contributed by atoms with van der Waals surface area (Å²) in [5.74, 6) is -1.42. The Morgan fingerprint density at radius 3 is 2.16 bits per heavy atom. The van der Waals surface area contributed by atoms with Crippen LogP contribution in [0.2, 0.25) is 0 Å². The number of benzene rings is 1. The number of carboxylic acid groups (broad SMARTS) is 1. The van der Waals surface area contributed by atoms with Crippen LogP contribution in [-0.4, -0.2) is 41.9 Å². The molecule has 0 aliphatic heterocycles. The van der Waals surface area contributed by atoms with E-state index < -0.39 is 29.7 Å². The van der Waals surface area contributed by atoms with E-state index in [4.69, 9.17) is 14.6 Å². The van der Waals surface area contributed by atoms with E-state index in [2.05, 4.69) is 5.32 Å². The van der Waals surface area contributed by atoms with Crippen molar-refractivity contribution < 1.29 is 29.0 Å². The molecule has 0 bridgehead atoms. The van der Waals surface area contributed by atoms with Crippen molar-refractivity contribution in [3.8, 4) is 0 Å². The molecule has 138 valence electrons. The number of esters is 1. The lowest BCUT2D eigenvalue weighted by Gasteiger charge is -2.22. The van der Waals surface area contributed by atoms with Crippen LogP contribution in [0.25, 0.3) is 0 Å². The first-order valence-electron chi connectivity index (χ1n) is 7.97. The minimum absolute atomic E-state index is 0.0599. The van der Waals surface area contributed by atoms with Crippen LogP contribution in [0.4, 0.5) is 4.79 Å². The van der Waals surface area contributed by atoms with E-state index in [1.54, 1.807) is 45.0 Å². The largest absolute Gasteiger partial charge is 0.481 e. The number of carboxylic acids is 1. The molecule has 0 aliphatic rings. The topological polar surface area (TPSA) is 102 Å². The highest BCUT2D eigenvalue weighted by molar-refractivity contribution is 5.81. The molecule has 0 spiro atoms. The maximum atomic E-state index is 11.9. The molecule has 1 amide bonds. The first kappa shape index (κ1) is 20.5. The number of rotatable bonds is 7. The number of methoxy groups -OCH3 is 1. The molecule has 0 heterocycles. The molecule has 0 fully saturated rings. The van der Waals surface area contributed by atoms with Crippen molar-refractivity contribution in [2.45, 2.75) is 51.7 Å². The summed E-state index contributed by atoms with van der Waals surface area (Å²) in [5, 5.41) is 11.2. The molecule has 7 heteroatoms. The average Bonchev–Trinajstić information content (AvgIpc) is 2.51. The van der Waals surface area contributed by atoms with Gasteiger partial charge < -0.3 is 19.9 Å². The smallest absolute Gasteiger partial charge is 0.408 e. The van der Waals surface area contributed by atoms with Crippen molar-refractivity contribution in [3.63, 3.8) is 0 Å². The van der Waals surface area contributed by atoms with Gasteiger partial charge in [0.2, 0.25) is 0 Å². The number of carbonyl (C=O) groups is 3. The summed E-state index contributed by atoms with van der Waals surface area (Å²) in [4.78, 5) is 34.4. The van der Waals surface area contributed by atoms with Gasteiger partial charge in [-0.1, -0.05) is 24.3 Å². The Kier molecular flexibility index (Phi) is 7.42. The first-order valence-corrected chi connectivity index (χ1v) is 7.97. The minimum atomic E-state index is -0.871. The van der Waals surface area contributed by atoms with E-state index in [-0.39, 0.29) is 12.8 Å². The predicted molar refractivity (Wildman–Crippen MR) is 91.3 cm³/mol. The van der Waals surface area contributed by atoms with Gasteiger partial charge in [-0.25, -0.2) is 9.59 Å². The zero-order chi connectivity index (χ0) is 19.0. The van der Waals surface area contributed by atoms with Crippen LogP contribution in [-0.2, 0) is 31.9 Å². The molecule has 1 atom stereocenters. The number of ether oxygens (including phenoxy) is 2. The fraction of sp³-hybridized carbons (Fsp3) is 0.500. The molecule has 1 aromatic rings. The fourth-order valence-corrected chi connectivity index (χ4v) is 2.11. The zero-order valence-electron chi connectivity index (χ0n) is 15.0. The lowest BCUT2D eigenvalue weighted by atomic mass is 10.0. The Labute approximate surface area is 147 Å². The first-order chi connectivity index (χ1) is 11.6. The summed E-state index contributed by atoms with van der Waals surface area (Å²) >= 11 is 0. The van der Waals surface area contributed by atoms with Crippen molar-refractivity contribution in [3.05, 3.63) is 35.4 Å². The summed E-state index contributed by atoms with van der Waals surface area (Å²) < 4.78 is 9.89. The molecule has 0 radical (unpaired) electrons. The van der Waals surface area contributed by atoms with Gasteiger partial charge in [-0.2, -0.15) is 0 Å². The van der Waals surface area contributed by atoms with E-state index in [9.17, 15) is 14.4 Å². The van der Waals surface area contributed by atoms with Crippen molar-refractivity contribution >= 4 is 18.0 Å². The van der Waals surface area contributed by atoms with Crippen LogP contribution in [0, 0.1) is 0 Å². The van der Waals surface area contributed by atoms with Gasteiger partial charge in [-0.3, -0.25) is 4.79 Å². The number of alkyl carbamates (subject to hydrolysis) is 1. The second-order valence-electron chi connectivity index (χ2n) is 6.64. The second kappa shape index (κ2) is 9.05. The molecule has 0 aliphatic carbocycles. The lowest BCUT2D eigenvalue weighted by Crippen LogP contribution is -2.45. The van der Waals surface area contributed by atoms with E-state index in [1.807, 2.05) is 0 Å². The highest BCUT2D eigenvalue weighted by Crippen LogP contribution is 2.11. The predicted octanol–water partition coefficient (Wildman–Crippen LogP) is 2.31. The van der Waals surface area contributed by atoms with E-state index in [0.717, 1.165) is 11.1 Å². The molecular formula is C18H25NO6. The van der Waals surface area contributed by atoms with Crippen LogP contribution in [0.5, 0.6) is 0 Å². The van der Waals surface area contributed by atoms with Crippen LogP contribution in [0.3, 0.4) is 0 Å². The molecule has 2 N–H and O–H groups in total. The zero-order valence-corrected chi connectivity index (χ0v) is 15.0. The van der Waals surface area contributed by atoms with Crippen LogP contribution >= 0.6 is 0 Å². The number of hydrogen-bond donors (Lipinski definition) is 2. The Morgan fingerprint density at radius 2 is 1.68 bits per heavy atom. The summed E-state index contributed by atoms with van der Waals surface area (Å²) in [7, 11) is 1.25. The highest BCUT2D eigenvalue weighted by Gasteiger charge is 2.25. The van der Waals surface area contributed by atoms with Gasteiger partial charge in [-0.05, 0) is 38.3 Å². The maximum absolute atomic E-state index is 11.9. The normalized spacial score (nSPS) is 12.2. The summed E-state index contributed by atoms with van der Waals surface area (Å²) in [6.45, 7) is 5.20. The average molecular weight is 351 g/mol. The molecule has 1 rings (SSSR count). The molecule has 0 saturated carbocycles. The van der Waals surface area contributed by atoms with Crippen LogP contribution in [0.1, 0.15) is 38.3 Å². The molecule has 25 heavy (non-hydrogen) atoms. The minimum Gasteiger partial charge on any atom is -0.481 e. The van der Waals surface area contributed by atoms with Crippen LogP contribution < -0.4 is 5.32 Å². The molecule has 7 nitrogen and oxygen atoms in total. The monoisotopic (exact) mass is 351 g/mol. The highest BCUT2D eigenvalue weighted by atomic mass is 16.6. The fourth-order valence-electron chi connectivity index (χ4n) is 2.11.